The molecule has 0 atom stereocenters. The van der Waals surface area contributed by atoms with E-state index >= 15 is 0 Å². The third-order valence-corrected chi connectivity index (χ3v) is 4.52. The van der Waals surface area contributed by atoms with Gasteiger partial charge in [0.05, 0.1) is 31.3 Å². The zero-order valence-electron chi connectivity index (χ0n) is 14.0. The Hall–Kier alpha value is -1.50. The van der Waals surface area contributed by atoms with Gasteiger partial charge in [0.1, 0.15) is 0 Å². The molecule has 0 radical (unpaired) electrons. The summed E-state index contributed by atoms with van der Waals surface area (Å²) in [4.78, 5) is 5.97. The largest absolute Gasteiger partial charge is 0.363 e. The fraction of sp³-hybridized carbons (Fsp3) is 0.412. The summed E-state index contributed by atoms with van der Waals surface area (Å²) in [5.74, 6) is 0. The molecule has 0 bridgehead atoms. The van der Waals surface area contributed by atoms with Crippen LogP contribution in [0.15, 0.2) is 29.6 Å². The van der Waals surface area contributed by atoms with Crippen molar-refractivity contribution in [2.75, 3.05) is 27.2 Å². The molecule has 23 heavy (non-hydrogen) atoms. The monoisotopic (exact) mass is 349 g/mol. The Labute approximate surface area is 147 Å². The molecule has 0 aliphatic heterocycles. The lowest BCUT2D eigenvalue weighted by atomic mass is 10.1. The number of hydrogen-bond donors (Lipinski definition) is 3. The Bertz CT molecular complexity index is 620. The fourth-order valence-corrected chi connectivity index (χ4v) is 2.97. The third-order valence-electron chi connectivity index (χ3n) is 3.46. The molecule has 6 heteroatoms. The summed E-state index contributed by atoms with van der Waals surface area (Å²) in [6.07, 6.45) is 1.12. The Kier molecular flexibility index (Phi) is 6.95. The van der Waals surface area contributed by atoms with Gasteiger partial charge in [-0.3, -0.25) is 0 Å². The first-order valence-electron chi connectivity index (χ1n) is 7.87. The van der Waals surface area contributed by atoms with Crippen LogP contribution < -0.4 is 15.5 Å². The van der Waals surface area contributed by atoms with Gasteiger partial charge in [0, 0.05) is 30.5 Å². The number of nitrogens with one attached hydrogen (secondary N) is 3. The average Bonchev–Trinajstić information content (AvgIpc) is 2.96. The molecule has 0 fully saturated rings. The first-order valence-corrected chi connectivity index (χ1v) is 9.15. The van der Waals surface area contributed by atoms with Crippen LogP contribution in [0.5, 0.6) is 0 Å². The molecule has 0 unspecified atom stereocenters. The highest BCUT2D eigenvalue weighted by Gasteiger charge is 2.03. The minimum atomic E-state index is 0.720. The van der Waals surface area contributed by atoms with E-state index in [1.54, 1.807) is 11.3 Å². The normalized spacial score (nSPS) is 10.8. The lowest BCUT2D eigenvalue weighted by molar-refractivity contribution is -0.858. The zero-order valence-corrected chi connectivity index (χ0v) is 15.6. The van der Waals surface area contributed by atoms with Crippen LogP contribution in [-0.4, -0.2) is 37.3 Å². The van der Waals surface area contributed by atoms with E-state index in [0.717, 1.165) is 47.4 Å². The maximum atomic E-state index is 5.30. The Morgan fingerprint density at radius 2 is 1.96 bits per heavy atom. The first-order chi connectivity index (χ1) is 11.0. The number of thiocarbonyl (C=S) groups is 1. The molecule has 0 saturated heterocycles. The molecule has 1 aromatic carbocycles. The molecule has 2 rings (SSSR count). The number of aryl methyl sites for hydroxylation is 1. The van der Waals surface area contributed by atoms with Crippen molar-refractivity contribution in [3.05, 3.63) is 40.2 Å². The summed E-state index contributed by atoms with van der Waals surface area (Å²) in [5.41, 5.74) is 3.42. The van der Waals surface area contributed by atoms with Crippen molar-refractivity contribution < 1.29 is 4.90 Å². The van der Waals surface area contributed by atoms with Gasteiger partial charge in [0.15, 0.2) is 5.11 Å². The molecule has 3 N–H and O–H groups in total. The van der Waals surface area contributed by atoms with E-state index in [1.807, 2.05) is 6.92 Å². The number of nitrogens with zero attached hydrogens (tertiary/aromatic N) is 1. The predicted molar refractivity (Wildman–Crippen MR) is 102 cm³/mol. The number of benzene rings is 1. The highest BCUT2D eigenvalue weighted by Crippen LogP contribution is 2.21. The molecule has 0 saturated carbocycles. The minimum absolute atomic E-state index is 0.720. The topological polar surface area (TPSA) is 41.4 Å². The Morgan fingerprint density at radius 1 is 1.22 bits per heavy atom. The summed E-state index contributed by atoms with van der Waals surface area (Å²) in [6.45, 7) is 4.83. The van der Waals surface area contributed by atoms with Gasteiger partial charge in [0.25, 0.3) is 0 Å². The molecule has 2 aromatic rings. The van der Waals surface area contributed by atoms with Gasteiger partial charge in [-0.05, 0) is 24.7 Å². The van der Waals surface area contributed by atoms with Crippen molar-refractivity contribution in [1.82, 2.24) is 15.6 Å². The van der Waals surface area contributed by atoms with E-state index in [4.69, 9.17) is 12.2 Å². The molecule has 0 spiro atoms. The quantitative estimate of drug-likeness (QED) is 0.525. The molecule has 1 heterocycles. The smallest absolute Gasteiger partial charge is 0.166 e. The van der Waals surface area contributed by atoms with Crippen LogP contribution in [-0.2, 0) is 6.54 Å². The van der Waals surface area contributed by atoms with E-state index < -0.39 is 0 Å². The number of hydrogen-bond acceptors (Lipinski definition) is 3. The number of aromatic nitrogens is 1. The van der Waals surface area contributed by atoms with Gasteiger partial charge in [-0.25, -0.2) is 4.98 Å². The molecule has 124 valence electrons. The van der Waals surface area contributed by atoms with E-state index in [2.05, 4.69) is 59.4 Å². The van der Waals surface area contributed by atoms with Crippen LogP contribution in [0.2, 0.25) is 0 Å². The van der Waals surface area contributed by atoms with E-state index in [1.165, 1.54) is 10.5 Å². The van der Waals surface area contributed by atoms with Crippen molar-refractivity contribution in [3.63, 3.8) is 0 Å². The van der Waals surface area contributed by atoms with Gasteiger partial charge in [0.2, 0.25) is 0 Å². The fourth-order valence-electron chi connectivity index (χ4n) is 2.18. The van der Waals surface area contributed by atoms with Crippen molar-refractivity contribution in [1.29, 1.82) is 0 Å². The summed E-state index contributed by atoms with van der Waals surface area (Å²) in [5, 5.41) is 10.4. The summed E-state index contributed by atoms with van der Waals surface area (Å²) < 4.78 is 0. The second-order valence-electron chi connectivity index (χ2n) is 5.87. The second kappa shape index (κ2) is 8.96. The molecular formula is C17H25N4S2+. The van der Waals surface area contributed by atoms with Gasteiger partial charge in [-0.2, -0.15) is 0 Å². The minimum Gasteiger partial charge on any atom is -0.363 e. The van der Waals surface area contributed by atoms with E-state index in [-0.39, 0.29) is 0 Å². The summed E-state index contributed by atoms with van der Waals surface area (Å²) >= 11 is 6.98. The molecule has 4 nitrogen and oxygen atoms in total. The SMILES string of the molecule is Cc1nc(-c2ccc(CNC(=S)NCCC[NH+](C)C)cc2)cs1. The van der Waals surface area contributed by atoms with Gasteiger partial charge in [-0.15, -0.1) is 11.3 Å². The van der Waals surface area contributed by atoms with Crippen LogP contribution in [0.4, 0.5) is 0 Å². The van der Waals surface area contributed by atoms with Gasteiger partial charge >= 0.3 is 0 Å². The van der Waals surface area contributed by atoms with Crippen LogP contribution in [0.25, 0.3) is 11.3 Å². The maximum Gasteiger partial charge on any atom is 0.166 e. The molecule has 0 aliphatic rings. The zero-order chi connectivity index (χ0) is 16.7. The van der Waals surface area contributed by atoms with Crippen molar-refractivity contribution in [2.24, 2.45) is 0 Å². The van der Waals surface area contributed by atoms with Crippen molar-refractivity contribution in [2.45, 2.75) is 19.9 Å². The van der Waals surface area contributed by atoms with Crippen molar-refractivity contribution >= 4 is 28.7 Å². The maximum absolute atomic E-state index is 5.30. The van der Waals surface area contributed by atoms with Gasteiger partial charge in [-0.1, -0.05) is 24.3 Å². The van der Waals surface area contributed by atoms with Crippen molar-refractivity contribution in [3.8, 4) is 11.3 Å². The second-order valence-corrected chi connectivity index (χ2v) is 7.34. The summed E-state index contributed by atoms with van der Waals surface area (Å²) in [7, 11) is 4.32. The highest BCUT2D eigenvalue weighted by molar-refractivity contribution is 7.80. The molecule has 0 amide bonds. The lowest BCUT2D eigenvalue weighted by Crippen LogP contribution is -3.05. The van der Waals surface area contributed by atoms with E-state index in [9.17, 15) is 0 Å². The molecule has 0 aliphatic carbocycles. The standard InChI is InChI=1S/C17H24N4S2/c1-13-20-16(12-23-13)15-7-5-14(6-8-15)11-19-17(22)18-9-4-10-21(2)3/h5-8,12H,4,9-11H2,1-3H3,(H2,18,19,22)/p+1. The highest BCUT2D eigenvalue weighted by atomic mass is 32.1. The first kappa shape index (κ1) is 17.8. The Balaban J connectivity index is 1.74. The average molecular weight is 350 g/mol. The Morgan fingerprint density at radius 3 is 2.57 bits per heavy atom. The summed E-state index contributed by atoms with van der Waals surface area (Å²) in [6, 6.07) is 8.47. The molecular weight excluding hydrogens is 324 g/mol. The van der Waals surface area contributed by atoms with Crippen LogP contribution in [0, 0.1) is 6.92 Å². The number of rotatable bonds is 7. The van der Waals surface area contributed by atoms with E-state index in [0.29, 0.717) is 0 Å². The van der Waals surface area contributed by atoms with Crippen LogP contribution in [0.3, 0.4) is 0 Å². The van der Waals surface area contributed by atoms with Crippen LogP contribution >= 0.6 is 23.6 Å². The number of quaternary nitrogens is 1. The number of thiazole rings is 1. The van der Waals surface area contributed by atoms with Gasteiger partial charge < -0.3 is 15.5 Å². The third kappa shape index (κ3) is 6.25. The molecule has 1 aromatic heterocycles. The lowest BCUT2D eigenvalue weighted by Gasteiger charge is -2.11. The van der Waals surface area contributed by atoms with Crippen LogP contribution in [0.1, 0.15) is 17.0 Å². The predicted octanol–water partition coefficient (Wildman–Crippen LogP) is 1.62.